The van der Waals surface area contributed by atoms with E-state index in [0.29, 0.717) is 52.0 Å². The van der Waals surface area contributed by atoms with E-state index in [1.165, 1.54) is 20.6 Å². The van der Waals surface area contributed by atoms with Gasteiger partial charge in [-0.1, -0.05) is 85.1 Å². The number of carbonyl (C=O) groups is 3. The second-order valence-corrected chi connectivity index (χ2v) is 17.1. The van der Waals surface area contributed by atoms with Gasteiger partial charge in [-0.25, -0.2) is 19.6 Å². The van der Waals surface area contributed by atoms with Crippen molar-refractivity contribution in [3.05, 3.63) is 70.5 Å². The molecule has 2 aliphatic heterocycles. The van der Waals surface area contributed by atoms with E-state index in [0.717, 1.165) is 78.8 Å². The van der Waals surface area contributed by atoms with E-state index in [1.54, 1.807) is 0 Å². The van der Waals surface area contributed by atoms with Crippen molar-refractivity contribution in [2.24, 2.45) is 17.8 Å². The average molecular weight is 816 g/mol. The Morgan fingerprint density at radius 3 is 1.82 bits per heavy atom. The molecule has 13 nitrogen and oxygen atoms in total. The molecule has 4 N–H and O–H groups in total. The van der Waals surface area contributed by atoms with Crippen LogP contribution in [-0.2, 0) is 14.3 Å². The van der Waals surface area contributed by atoms with Gasteiger partial charge < -0.3 is 35.0 Å². The molecule has 8 unspecified atom stereocenters. The number of piperidine rings is 2. The Balaban J connectivity index is 0.878. The van der Waals surface area contributed by atoms with Gasteiger partial charge in [0.2, 0.25) is 5.91 Å². The summed E-state index contributed by atoms with van der Waals surface area (Å²) in [7, 11) is 2.71. The number of aromatic nitrogens is 4. The SMILES string of the molecule is CCCC(NC(=O)OC)C(=O)N1C(c2nc(-c3ccc(-c4ccc(-c5nc(C6CC7CC7N6CC(NC(=O)OC)C6CC6)[nH]c5Cl)cc4)cc3)c(Cl)[nH]2)CC2CC21. The molecule has 9 rings (SSSR count). The van der Waals surface area contributed by atoms with Crippen molar-refractivity contribution < 1.29 is 23.9 Å². The summed E-state index contributed by atoms with van der Waals surface area (Å²) in [5, 5.41) is 6.74. The molecule has 4 heterocycles. The third-order valence-electron chi connectivity index (χ3n) is 12.7. The van der Waals surface area contributed by atoms with Crippen molar-refractivity contribution in [2.45, 2.75) is 94.5 Å². The van der Waals surface area contributed by atoms with Crippen LogP contribution in [0.4, 0.5) is 9.59 Å². The van der Waals surface area contributed by atoms with Crippen LogP contribution in [0.15, 0.2) is 48.5 Å². The number of nitrogens with zero attached hydrogens (tertiary/aromatic N) is 4. The Hall–Kier alpha value is -4.59. The lowest BCUT2D eigenvalue weighted by atomic mass is 10.0. The van der Waals surface area contributed by atoms with Crippen LogP contribution in [-0.4, -0.2) is 92.8 Å². The van der Waals surface area contributed by atoms with Crippen LogP contribution in [0, 0.1) is 17.8 Å². The molecular weight excluding hydrogens is 767 g/mol. The van der Waals surface area contributed by atoms with Gasteiger partial charge in [0, 0.05) is 35.8 Å². The minimum atomic E-state index is -0.660. The number of methoxy groups -OCH3 is 2. The Morgan fingerprint density at radius 2 is 1.26 bits per heavy atom. The molecule has 300 valence electrons. The molecule has 2 aromatic heterocycles. The molecule has 3 saturated carbocycles. The van der Waals surface area contributed by atoms with Gasteiger partial charge in [0.25, 0.3) is 0 Å². The third-order valence-corrected chi connectivity index (χ3v) is 13.2. The van der Waals surface area contributed by atoms with Crippen LogP contribution in [0.5, 0.6) is 0 Å². The van der Waals surface area contributed by atoms with Crippen LogP contribution in [0.2, 0.25) is 10.3 Å². The number of likely N-dealkylation sites (tertiary alicyclic amines) is 2. The molecule has 8 atom stereocenters. The number of imidazole rings is 2. The molecule has 0 bridgehead atoms. The van der Waals surface area contributed by atoms with Crippen molar-refractivity contribution in [3.8, 4) is 33.6 Å². The highest BCUT2D eigenvalue weighted by Crippen LogP contribution is 2.55. The minimum Gasteiger partial charge on any atom is -0.453 e. The maximum absolute atomic E-state index is 13.8. The van der Waals surface area contributed by atoms with Crippen LogP contribution in [0.25, 0.3) is 33.6 Å². The fourth-order valence-corrected chi connectivity index (χ4v) is 9.84. The lowest BCUT2D eigenvalue weighted by molar-refractivity contribution is -0.135. The molecule has 3 amide bonds. The van der Waals surface area contributed by atoms with Gasteiger partial charge in [-0.15, -0.1) is 0 Å². The summed E-state index contributed by atoms with van der Waals surface area (Å²) in [6.07, 6.45) is 6.50. The molecule has 15 heteroatoms. The number of nitrogens with one attached hydrogen (secondary N) is 4. The summed E-state index contributed by atoms with van der Waals surface area (Å²) in [6.45, 7) is 2.76. The van der Waals surface area contributed by atoms with E-state index >= 15 is 0 Å². The number of hydrogen-bond donors (Lipinski definition) is 4. The summed E-state index contributed by atoms with van der Waals surface area (Å²) < 4.78 is 9.71. The number of hydrogen-bond acceptors (Lipinski definition) is 8. The van der Waals surface area contributed by atoms with Gasteiger partial charge in [0.1, 0.15) is 39.4 Å². The maximum atomic E-state index is 13.8. The molecule has 2 aromatic carbocycles. The zero-order valence-electron chi connectivity index (χ0n) is 32.3. The molecule has 4 aromatic rings. The molecule has 5 fully saturated rings. The monoisotopic (exact) mass is 814 g/mol. The first-order chi connectivity index (χ1) is 27.6. The number of ether oxygens (including phenoxy) is 2. The second kappa shape index (κ2) is 15.3. The number of fused-ring (bicyclic) bond motifs is 2. The van der Waals surface area contributed by atoms with Crippen molar-refractivity contribution in [2.75, 3.05) is 20.8 Å². The van der Waals surface area contributed by atoms with E-state index < -0.39 is 12.1 Å². The molecule has 57 heavy (non-hydrogen) atoms. The first-order valence-electron chi connectivity index (χ1n) is 20.1. The highest BCUT2D eigenvalue weighted by molar-refractivity contribution is 6.32. The average Bonchev–Trinajstić information content (AvgIpc) is 4.19. The van der Waals surface area contributed by atoms with Gasteiger partial charge in [-0.05, 0) is 73.8 Å². The van der Waals surface area contributed by atoms with Gasteiger partial charge in [0.15, 0.2) is 0 Å². The molecule has 0 spiro atoms. The highest BCUT2D eigenvalue weighted by Gasteiger charge is 2.56. The minimum absolute atomic E-state index is 0.0627. The van der Waals surface area contributed by atoms with Crippen molar-refractivity contribution in [3.63, 3.8) is 0 Å². The third kappa shape index (κ3) is 7.49. The van der Waals surface area contributed by atoms with Gasteiger partial charge >= 0.3 is 12.2 Å². The number of alkyl carbamates (subject to hydrolysis) is 2. The van der Waals surface area contributed by atoms with Crippen LogP contribution < -0.4 is 10.6 Å². The molecule has 3 aliphatic carbocycles. The van der Waals surface area contributed by atoms with Gasteiger partial charge in [-0.2, -0.15) is 0 Å². The van der Waals surface area contributed by atoms with Crippen molar-refractivity contribution >= 4 is 41.3 Å². The predicted octanol–water partition coefficient (Wildman–Crippen LogP) is 7.90. The lowest BCUT2D eigenvalue weighted by Gasteiger charge is -2.30. The van der Waals surface area contributed by atoms with Crippen LogP contribution in [0.3, 0.4) is 0 Å². The maximum Gasteiger partial charge on any atom is 0.407 e. The lowest BCUT2D eigenvalue weighted by Crippen LogP contribution is -2.49. The first kappa shape index (κ1) is 38.0. The zero-order chi connectivity index (χ0) is 39.5. The quantitative estimate of drug-likeness (QED) is 0.106. The van der Waals surface area contributed by atoms with Crippen LogP contribution >= 0.6 is 23.2 Å². The predicted molar refractivity (Wildman–Crippen MR) is 215 cm³/mol. The molecule has 5 aliphatic rings. The van der Waals surface area contributed by atoms with Gasteiger partial charge in [-0.3, -0.25) is 9.69 Å². The smallest absolute Gasteiger partial charge is 0.407 e. The fraction of sp³-hybridized carbons (Fsp3) is 0.500. The van der Waals surface area contributed by atoms with Crippen LogP contribution in [0.1, 0.15) is 82.0 Å². The summed E-state index contributed by atoms with van der Waals surface area (Å²) in [4.78, 5) is 58.9. The van der Waals surface area contributed by atoms with E-state index in [1.807, 2.05) is 48.2 Å². The molecular formula is C42H48Cl2N8O5. The standard InChI is InChI=1S/C42H48Cl2N8O5/c1-4-5-28(45-41(54)56-2)40(53)52-31-17-27(31)19-33(52)39-48-35(37(44)50-39)25-14-8-22(9-15-25)21-6-12-24(13-7-21)34-36(43)49-38(47-34)32-18-26-16-30(26)51(32)20-29(23-10-11-23)46-42(55)57-3/h6-9,12-15,23,26-33H,4-5,10-11,16-20H2,1-3H3,(H,45,54)(H,46,55)(H,47,49)(H,48,50). The van der Waals surface area contributed by atoms with E-state index in [-0.39, 0.29) is 36.2 Å². The van der Waals surface area contributed by atoms with Gasteiger partial charge in [0.05, 0.1) is 26.3 Å². The first-order valence-corrected chi connectivity index (χ1v) is 20.9. The summed E-state index contributed by atoms with van der Waals surface area (Å²) >= 11 is 13.6. The zero-order valence-corrected chi connectivity index (χ0v) is 33.8. The highest BCUT2D eigenvalue weighted by atomic mass is 35.5. The van der Waals surface area contributed by atoms with E-state index in [9.17, 15) is 14.4 Å². The number of halogens is 2. The topological polar surface area (TPSA) is 158 Å². The van der Waals surface area contributed by atoms with Crippen molar-refractivity contribution in [1.29, 1.82) is 0 Å². The summed E-state index contributed by atoms with van der Waals surface area (Å²) in [6, 6.07) is 16.3. The Labute approximate surface area is 341 Å². The number of rotatable bonds is 13. The summed E-state index contributed by atoms with van der Waals surface area (Å²) in [5.74, 6) is 2.97. The molecule has 0 radical (unpaired) electrons. The fourth-order valence-electron chi connectivity index (χ4n) is 9.35. The van der Waals surface area contributed by atoms with E-state index in [2.05, 4.69) is 37.6 Å². The number of benzene rings is 2. The number of carbonyl (C=O) groups excluding carboxylic acids is 3. The number of amides is 3. The Morgan fingerprint density at radius 1 is 0.754 bits per heavy atom. The number of aromatic amines is 2. The Kier molecular flexibility index (Phi) is 10.2. The van der Waals surface area contributed by atoms with Crippen molar-refractivity contribution in [1.82, 2.24) is 40.4 Å². The Bertz CT molecular complexity index is 2150. The summed E-state index contributed by atoms with van der Waals surface area (Å²) in [5.41, 5.74) is 5.22. The second-order valence-electron chi connectivity index (χ2n) is 16.4. The molecule has 2 saturated heterocycles. The normalized spacial score (nSPS) is 25.7. The number of H-pyrrole nitrogens is 2. The van der Waals surface area contributed by atoms with E-state index in [4.69, 9.17) is 42.6 Å². The largest absolute Gasteiger partial charge is 0.453 e.